The molecule has 5 nitrogen and oxygen atoms in total. The smallest absolute Gasteiger partial charge is 0.161 e. The van der Waals surface area contributed by atoms with Crippen LogP contribution in [0.5, 0.6) is 11.5 Å². The molecule has 0 heterocycles. The molecule has 1 atom stereocenters. The fourth-order valence-corrected chi connectivity index (χ4v) is 1.58. The Morgan fingerprint density at radius 1 is 1.30 bits per heavy atom. The van der Waals surface area contributed by atoms with Crippen molar-refractivity contribution in [2.75, 3.05) is 26.9 Å². The quantitative estimate of drug-likeness (QED) is 0.525. The second kappa shape index (κ2) is 9.34. The van der Waals surface area contributed by atoms with E-state index in [1.54, 1.807) is 18.2 Å². The van der Waals surface area contributed by atoms with E-state index in [4.69, 9.17) is 14.2 Å². The van der Waals surface area contributed by atoms with Crippen molar-refractivity contribution in [2.24, 2.45) is 0 Å². The molecule has 0 saturated carbocycles. The van der Waals surface area contributed by atoms with Gasteiger partial charge < -0.3 is 19.3 Å². The van der Waals surface area contributed by atoms with Crippen molar-refractivity contribution in [3.8, 4) is 11.5 Å². The van der Waals surface area contributed by atoms with Gasteiger partial charge in [-0.15, -0.1) is 0 Å². The highest BCUT2D eigenvalue weighted by Crippen LogP contribution is 2.27. The Bertz CT molecular complexity index is 405. The highest BCUT2D eigenvalue weighted by Gasteiger charge is 2.09. The minimum absolute atomic E-state index is 0.114. The molecule has 112 valence electrons. The summed E-state index contributed by atoms with van der Waals surface area (Å²) in [6.45, 7) is 3.08. The van der Waals surface area contributed by atoms with Gasteiger partial charge in [-0.25, -0.2) is 0 Å². The van der Waals surface area contributed by atoms with Crippen molar-refractivity contribution in [2.45, 2.75) is 25.9 Å². The van der Waals surface area contributed by atoms with E-state index in [0.717, 1.165) is 19.1 Å². The van der Waals surface area contributed by atoms with Crippen molar-refractivity contribution in [1.29, 1.82) is 0 Å². The first-order valence-corrected chi connectivity index (χ1v) is 6.73. The molecule has 1 unspecified atom stereocenters. The van der Waals surface area contributed by atoms with Crippen molar-refractivity contribution in [1.82, 2.24) is 0 Å². The molecule has 1 aromatic carbocycles. The number of ether oxygens (including phenoxy) is 3. The zero-order chi connectivity index (χ0) is 14.8. The average Bonchev–Trinajstić information content (AvgIpc) is 2.49. The second-order valence-electron chi connectivity index (χ2n) is 4.42. The van der Waals surface area contributed by atoms with Crippen LogP contribution in [-0.4, -0.2) is 44.4 Å². The van der Waals surface area contributed by atoms with Gasteiger partial charge in [0.25, 0.3) is 0 Å². The predicted molar refractivity (Wildman–Crippen MR) is 75.6 cm³/mol. The molecule has 0 aromatic heterocycles. The molecule has 0 amide bonds. The van der Waals surface area contributed by atoms with E-state index >= 15 is 0 Å². The fraction of sp³-hybridized carbons (Fsp3) is 0.533. The molecule has 0 saturated heterocycles. The summed E-state index contributed by atoms with van der Waals surface area (Å²) in [5, 5.41) is 9.73. The lowest BCUT2D eigenvalue weighted by Crippen LogP contribution is -2.23. The maximum atomic E-state index is 10.7. The minimum Gasteiger partial charge on any atom is -0.493 e. The first-order valence-electron chi connectivity index (χ1n) is 6.73. The number of carbonyl (C=O) groups excluding carboxylic acids is 1. The van der Waals surface area contributed by atoms with Crippen LogP contribution in [0.1, 0.15) is 30.1 Å². The fourth-order valence-electron chi connectivity index (χ4n) is 1.58. The highest BCUT2D eigenvalue weighted by atomic mass is 16.5. The van der Waals surface area contributed by atoms with Gasteiger partial charge in [0.2, 0.25) is 0 Å². The molecule has 1 N–H and O–H groups in total. The molecule has 5 heteroatoms. The summed E-state index contributed by atoms with van der Waals surface area (Å²) in [6.07, 6.45) is 2.09. The van der Waals surface area contributed by atoms with Gasteiger partial charge >= 0.3 is 0 Å². The Balaban J connectivity index is 2.42. The standard InChI is InChI=1S/C15H22O5/c1-3-4-7-19-10-13(17)11-20-14-6-5-12(9-16)8-15(14)18-2/h5-6,8-9,13,17H,3-4,7,10-11H2,1-2H3. The monoisotopic (exact) mass is 282 g/mol. The van der Waals surface area contributed by atoms with Gasteiger partial charge in [0, 0.05) is 12.2 Å². The van der Waals surface area contributed by atoms with Gasteiger partial charge in [0.1, 0.15) is 19.0 Å². The summed E-state index contributed by atoms with van der Waals surface area (Å²) in [7, 11) is 1.50. The number of hydrogen-bond donors (Lipinski definition) is 1. The Morgan fingerprint density at radius 3 is 2.75 bits per heavy atom. The maximum absolute atomic E-state index is 10.7. The number of benzene rings is 1. The number of rotatable bonds is 10. The third-order valence-electron chi connectivity index (χ3n) is 2.71. The number of methoxy groups -OCH3 is 1. The highest BCUT2D eigenvalue weighted by molar-refractivity contribution is 5.76. The maximum Gasteiger partial charge on any atom is 0.161 e. The summed E-state index contributed by atoms with van der Waals surface area (Å²) in [5.41, 5.74) is 0.512. The number of aliphatic hydroxyl groups is 1. The van der Waals surface area contributed by atoms with Crippen LogP contribution in [0, 0.1) is 0 Å². The summed E-state index contributed by atoms with van der Waals surface area (Å²) < 4.78 is 15.9. The number of aldehydes is 1. The molecule has 0 spiro atoms. The van der Waals surface area contributed by atoms with Crippen LogP contribution in [0.4, 0.5) is 0 Å². The average molecular weight is 282 g/mol. The van der Waals surface area contributed by atoms with E-state index in [-0.39, 0.29) is 13.2 Å². The molecule has 0 bridgehead atoms. The van der Waals surface area contributed by atoms with Crippen LogP contribution in [0.15, 0.2) is 18.2 Å². The first-order chi connectivity index (χ1) is 9.71. The van der Waals surface area contributed by atoms with Crippen molar-refractivity contribution >= 4 is 6.29 Å². The van der Waals surface area contributed by atoms with E-state index in [1.807, 2.05) is 0 Å². The molecule has 20 heavy (non-hydrogen) atoms. The van der Waals surface area contributed by atoms with Gasteiger partial charge in [-0.3, -0.25) is 4.79 Å². The number of unbranched alkanes of at least 4 members (excludes halogenated alkanes) is 1. The molecular weight excluding hydrogens is 260 g/mol. The molecule has 1 aromatic rings. The molecule has 0 aliphatic heterocycles. The summed E-state index contributed by atoms with van der Waals surface area (Å²) in [4.78, 5) is 10.7. The normalized spacial score (nSPS) is 11.9. The van der Waals surface area contributed by atoms with E-state index in [1.165, 1.54) is 7.11 Å². The molecular formula is C15H22O5. The lowest BCUT2D eigenvalue weighted by molar-refractivity contribution is 0.0109. The Morgan fingerprint density at radius 2 is 2.10 bits per heavy atom. The van der Waals surface area contributed by atoms with Crippen LogP contribution in [-0.2, 0) is 4.74 Å². The zero-order valence-electron chi connectivity index (χ0n) is 12.0. The zero-order valence-corrected chi connectivity index (χ0v) is 12.0. The third kappa shape index (κ3) is 5.59. The Hall–Kier alpha value is -1.59. The molecule has 0 aliphatic carbocycles. The van der Waals surface area contributed by atoms with Gasteiger partial charge in [0.15, 0.2) is 11.5 Å². The van der Waals surface area contributed by atoms with E-state index < -0.39 is 6.10 Å². The van der Waals surface area contributed by atoms with Crippen LogP contribution >= 0.6 is 0 Å². The van der Waals surface area contributed by atoms with Crippen LogP contribution in [0.3, 0.4) is 0 Å². The van der Waals surface area contributed by atoms with E-state index in [9.17, 15) is 9.90 Å². The van der Waals surface area contributed by atoms with Gasteiger partial charge in [-0.05, 0) is 24.6 Å². The summed E-state index contributed by atoms with van der Waals surface area (Å²) in [5.74, 6) is 0.958. The number of carbonyl (C=O) groups is 1. The number of hydrogen-bond acceptors (Lipinski definition) is 5. The van der Waals surface area contributed by atoms with Crippen LogP contribution in [0.2, 0.25) is 0 Å². The molecule has 0 radical (unpaired) electrons. The van der Waals surface area contributed by atoms with E-state index in [2.05, 4.69) is 6.92 Å². The SMILES string of the molecule is CCCCOCC(O)COc1ccc(C=O)cc1OC. The van der Waals surface area contributed by atoms with Crippen LogP contribution < -0.4 is 9.47 Å². The lowest BCUT2D eigenvalue weighted by Gasteiger charge is -2.14. The van der Waals surface area contributed by atoms with Gasteiger partial charge in [-0.2, -0.15) is 0 Å². The second-order valence-corrected chi connectivity index (χ2v) is 4.42. The lowest BCUT2D eigenvalue weighted by atomic mass is 10.2. The summed E-state index contributed by atoms with van der Waals surface area (Å²) in [6, 6.07) is 4.87. The summed E-state index contributed by atoms with van der Waals surface area (Å²) >= 11 is 0. The molecule has 1 rings (SSSR count). The van der Waals surface area contributed by atoms with Gasteiger partial charge in [0.05, 0.1) is 13.7 Å². The predicted octanol–water partition coefficient (Wildman–Crippen LogP) is 2.06. The first kappa shape index (κ1) is 16.5. The van der Waals surface area contributed by atoms with Crippen molar-refractivity contribution < 1.29 is 24.1 Å². The largest absolute Gasteiger partial charge is 0.493 e. The van der Waals surface area contributed by atoms with Crippen LogP contribution in [0.25, 0.3) is 0 Å². The topological polar surface area (TPSA) is 65.0 Å². The van der Waals surface area contributed by atoms with Crippen molar-refractivity contribution in [3.63, 3.8) is 0 Å². The molecule has 0 fully saturated rings. The van der Waals surface area contributed by atoms with E-state index in [0.29, 0.717) is 23.7 Å². The molecule has 0 aliphatic rings. The third-order valence-corrected chi connectivity index (χ3v) is 2.71. The number of aliphatic hydroxyl groups excluding tert-OH is 1. The van der Waals surface area contributed by atoms with Gasteiger partial charge in [-0.1, -0.05) is 13.3 Å². The van der Waals surface area contributed by atoms with Crippen molar-refractivity contribution in [3.05, 3.63) is 23.8 Å². The minimum atomic E-state index is -0.692. The Kier molecular flexibility index (Phi) is 7.69. The Labute approximate surface area is 119 Å².